The van der Waals surface area contributed by atoms with Gasteiger partial charge in [0.2, 0.25) is 0 Å². The van der Waals surface area contributed by atoms with Gasteiger partial charge in [-0.25, -0.2) is 0 Å². The van der Waals surface area contributed by atoms with E-state index in [1.807, 2.05) is 0 Å². The molecular weight excluding hydrogens is 560 g/mol. The van der Waals surface area contributed by atoms with Crippen molar-refractivity contribution in [3.63, 3.8) is 0 Å². The number of carbonyl (C=O) groups is 4. The molecule has 3 aliphatic rings. The van der Waals surface area contributed by atoms with Crippen LogP contribution in [0.2, 0.25) is 0 Å². The highest BCUT2D eigenvalue weighted by Crippen LogP contribution is 2.62. The molecule has 0 amide bonds. The summed E-state index contributed by atoms with van der Waals surface area (Å²) in [4.78, 5) is 69.2. The van der Waals surface area contributed by atoms with E-state index >= 15 is 0 Å². The van der Waals surface area contributed by atoms with Crippen LogP contribution in [0, 0.1) is 15.5 Å². The molecule has 9 heteroatoms. The smallest absolute Gasteiger partial charge is 0.308 e. The number of carbonyl (C=O) groups excluding carboxylic acids is 4. The number of esters is 1. The number of nitro benzene ring substituents is 1. The van der Waals surface area contributed by atoms with E-state index in [1.54, 1.807) is 89.8 Å². The lowest BCUT2D eigenvalue weighted by atomic mass is 9.64. The number of hydrogen-bond donors (Lipinski definition) is 0. The number of hydrogen-bond acceptors (Lipinski definition) is 8. The molecule has 4 aromatic rings. The van der Waals surface area contributed by atoms with E-state index in [1.165, 1.54) is 31.2 Å². The molecule has 0 saturated carbocycles. The van der Waals surface area contributed by atoms with Gasteiger partial charge in [0.15, 0.2) is 23.1 Å². The molecule has 44 heavy (non-hydrogen) atoms. The number of nitro groups is 1. The summed E-state index contributed by atoms with van der Waals surface area (Å²) in [6, 6.07) is 23.9. The highest BCUT2D eigenvalue weighted by atomic mass is 16.6. The second-order valence-electron chi connectivity index (χ2n) is 11.1. The van der Waals surface area contributed by atoms with E-state index in [4.69, 9.17) is 4.74 Å². The maximum absolute atomic E-state index is 14.7. The van der Waals surface area contributed by atoms with Crippen LogP contribution in [0.5, 0.6) is 5.75 Å². The van der Waals surface area contributed by atoms with Gasteiger partial charge >= 0.3 is 5.97 Å². The van der Waals surface area contributed by atoms with Gasteiger partial charge in [-0.3, -0.25) is 29.3 Å². The van der Waals surface area contributed by atoms with Crippen LogP contribution in [0.3, 0.4) is 0 Å². The molecule has 9 nitrogen and oxygen atoms in total. The lowest BCUT2D eigenvalue weighted by molar-refractivity contribution is -0.384. The summed E-state index contributed by atoms with van der Waals surface area (Å²) in [5.74, 6) is -2.67. The van der Waals surface area contributed by atoms with Crippen molar-refractivity contribution >= 4 is 40.8 Å². The zero-order valence-electron chi connectivity index (χ0n) is 23.4. The molecular formula is C35H24N2O7. The van der Waals surface area contributed by atoms with Crippen LogP contribution in [-0.4, -0.2) is 40.3 Å². The van der Waals surface area contributed by atoms with Gasteiger partial charge in [0, 0.05) is 47.2 Å². The van der Waals surface area contributed by atoms with Crippen molar-refractivity contribution in [3.05, 3.63) is 141 Å². The molecule has 0 radical (unpaired) electrons. The average molecular weight is 585 g/mol. The Morgan fingerprint density at radius 1 is 0.841 bits per heavy atom. The maximum Gasteiger partial charge on any atom is 0.308 e. The molecule has 3 atom stereocenters. The second kappa shape index (κ2) is 9.95. The molecule has 0 N–H and O–H groups in total. The van der Waals surface area contributed by atoms with Gasteiger partial charge < -0.3 is 9.64 Å². The number of anilines is 1. The zero-order valence-corrected chi connectivity index (χ0v) is 23.4. The lowest BCUT2D eigenvalue weighted by Gasteiger charge is -2.37. The van der Waals surface area contributed by atoms with E-state index in [-0.39, 0.29) is 28.3 Å². The number of nitrogens with zero attached hydrogens (tertiary/aromatic N) is 2. The highest BCUT2D eigenvalue weighted by Gasteiger charge is 2.71. The molecule has 1 aliphatic carbocycles. The third-order valence-electron chi connectivity index (χ3n) is 8.83. The van der Waals surface area contributed by atoms with Crippen LogP contribution in [0.1, 0.15) is 55.0 Å². The van der Waals surface area contributed by atoms with Crippen LogP contribution in [-0.2, 0) is 4.79 Å². The number of fused-ring (bicyclic) bond motifs is 5. The first-order valence-electron chi connectivity index (χ1n) is 14.1. The SMILES string of the molecule is CC(=O)Oc1cccc2c1N1[C@H](C(=O)c3ccccc3)[C@H](c3ccc([N+](=O)[O-])cc3)C3(C(=O)c4ccccc4C3=O)[C@@H]1C=C2. The van der Waals surface area contributed by atoms with E-state index < -0.39 is 45.9 Å². The average Bonchev–Trinajstić information content (AvgIpc) is 3.47. The molecule has 1 fully saturated rings. The largest absolute Gasteiger partial charge is 0.424 e. The number of ketones is 3. The van der Waals surface area contributed by atoms with Crippen LogP contribution in [0.25, 0.3) is 6.08 Å². The Balaban J connectivity index is 1.56. The Labute approximate surface area is 251 Å². The quantitative estimate of drug-likeness (QED) is 0.0716. The fraction of sp³-hybridized carbons (Fsp3) is 0.143. The molecule has 0 bridgehead atoms. The third kappa shape index (κ3) is 3.72. The molecule has 4 aromatic carbocycles. The normalized spacial score (nSPS) is 20.7. The van der Waals surface area contributed by atoms with Gasteiger partial charge in [-0.05, 0) is 11.6 Å². The summed E-state index contributed by atoms with van der Waals surface area (Å²) in [6.07, 6.45) is 3.54. The summed E-state index contributed by atoms with van der Waals surface area (Å²) in [6.45, 7) is 1.27. The van der Waals surface area contributed by atoms with Crippen LogP contribution in [0.4, 0.5) is 11.4 Å². The first kappa shape index (κ1) is 27.2. The molecule has 7 rings (SSSR count). The van der Waals surface area contributed by atoms with Gasteiger partial charge in [0.05, 0.1) is 16.7 Å². The van der Waals surface area contributed by atoms with Crippen molar-refractivity contribution in [1.82, 2.24) is 0 Å². The Hall–Kier alpha value is -5.70. The number of benzene rings is 4. The van der Waals surface area contributed by atoms with E-state index in [9.17, 15) is 29.3 Å². The van der Waals surface area contributed by atoms with Crippen LogP contribution < -0.4 is 9.64 Å². The standard InChI is InChI=1S/C35H24N2O7/c1-20(38)44-27-13-7-10-22-16-19-28-35(33(40)25-11-5-6-12-26(25)34(35)41)29(21-14-17-24(18-15-21)37(42)43)31(36(28)30(22)27)32(39)23-8-3-2-4-9-23/h2-19,28-29,31H,1H3/t28-,29-,31-/m0/s1. The maximum atomic E-state index is 14.7. The number of rotatable bonds is 5. The van der Waals surface area contributed by atoms with E-state index in [0.717, 1.165) is 0 Å². The van der Waals surface area contributed by atoms with Crippen molar-refractivity contribution in [3.8, 4) is 5.75 Å². The Morgan fingerprint density at radius 3 is 2.09 bits per heavy atom. The number of para-hydroxylation sites is 1. The van der Waals surface area contributed by atoms with Gasteiger partial charge in [-0.15, -0.1) is 0 Å². The Morgan fingerprint density at radius 2 is 1.48 bits per heavy atom. The van der Waals surface area contributed by atoms with Crippen molar-refractivity contribution in [1.29, 1.82) is 0 Å². The van der Waals surface area contributed by atoms with E-state index in [2.05, 4.69) is 0 Å². The van der Waals surface area contributed by atoms with Crippen LogP contribution in [0.15, 0.2) is 103 Å². The van der Waals surface area contributed by atoms with Crippen molar-refractivity contribution < 1.29 is 28.8 Å². The van der Waals surface area contributed by atoms with Gasteiger partial charge in [-0.1, -0.05) is 91.0 Å². The molecule has 216 valence electrons. The van der Waals surface area contributed by atoms with Crippen LogP contribution >= 0.6 is 0 Å². The predicted molar refractivity (Wildman–Crippen MR) is 161 cm³/mol. The first-order valence-corrected chi connectivity index (χ1v) is 14.1. The summed E-state index contributed by atoms with van der Waals surface area (Å²) in [5, 5.41) is 11.5. The topological polar surface area (TPSA) is 124 Å². The molecule has 0 unspecified atom stereocenters. The summed E-state index contributed by atoms with van der Waals surface area (Å²) in [5.41, 5.74) is 0.372. The minimum absolute atomic E-state index is 0.167. The van der Waals surface area contributed by atoms with Gasteiger partial charge in [0.25, 0.3) is 5.69 Å². The predicted octanol–water partition coefficient (Wildman–Crippen LogP) is 5.84. The number of Topliss-reactive ketones (excluding diaryl/α,β-unsaturated/α-hetero) is 3. The van der Waals surface area contributed by atoms with Crippen molar-refractivity contribution in [2.24, 2.45) is 5.41 Å². The minimum atomic E-state index is -1.80. The Kier molecular flexibility index (Phi) is 6.14. The number of ether oxygens (including phenoxy) is 1. The highest BCUT2D eigenvalue weighted by molar-refractivity contribution is 6.32. The van der Waals surface area contributed by atoms with Gasteiger partial charge in [0.1, 0.15) is 11.5 Å². The fourth-order valence-corrected chi connectivity index (χ4v) is 7.17. The van der Waals surface area contributed by atoms with Gasteiger partial charge in [-0.2, -0.15) is 0 Å². The minimum Gasteiger partial charge on any atom is -0.424 e. The summed E-state index contributed by atoms with van der Waals surface area (Å²) < 4.78 is 5.63. The lowest BCUT2D eigenvalue weighted by Crippen LogP contribution is -2.48. The van der Waals surface area contributed by atoms with Crippen molar-refractivity contribution in [2.75, 3.05) is 4.90 Å². The second-order valence-corrected chi connectivity index (χ2v) is 11.1. The molecule has 2 heterocycles. The monoisotopic (exact) mass is 584 g/mol. The number of non-ortho nitro benzene ring substituents is 1. The third-order valence-corrected chi connectivity index (χ3v) is 8.83. The fourth-order valence-electron chi connectivity index (χ4n) is 7.17. The van der Waals surface area contributed by atoms with Crippen molar-refractivity contribution in [2.45, 2.75) is 24.9 Å². The molecule has 1 spiro atoms. The summed E-state index contributed by atoms with van der Waals surface area (Å²) >= 11 is 0. The molecule has 1 saturated heterocycles. The Bertz CT molecular complexity index is 1900. The molecule has 2 aliphatic heterocycles. The van der Waals surface area contributed by atoms with E-state index in [0.29, 0.717) is 22.4 Å². The molecule has 0 aromatic heterocycles. The first-order chi connectivity index (χ1) is 21.2. The summed E-state index contributed by atoms with van der Waals surface area (Å²) in [7, 11) is 0. The zero-order chi connectivity index (χ0) is 30.7.